The highest BCUT2D eigenvalue weighted by molar-refractivity contribution is 5.98. The molecule has 0 saturated carbocycles. The summed E-state index contributed by atoms with van der Waals surface area (Å²) >= 11 is 0. The molecule has 0 atom stereocenters. The van der Waals surface area contributed by atoms with Gasteiger partial charge in [-0.1, -0.05) is 24.0 Å². The van der Waals surface area contributed by atoms with Gasteiger partial charge in [-0.05, 0) is 24.3 Å². The summed E-state index contributed by atoms with van der Waals surface area (Å²) in [5.74, 6) is 4.47. The van der Waals surface area contributed by atoms with E-state index in [-0.39, 0.29) is 24.9 Å². The molecule has 1 aromatic carbocycles. The first-order valence-electron chi connectivity index (χ1n) is 7.36. The molecule has 122 valence electrons. The van der Waals surface area contributed by atoms with Crippen molar-refractivity contribution in [3.63, 3.8) is 0 Å². The molecule has 4 nitrogen and oxygen atoms in total. The standard InChI is InChI=1S/C20H20N2O2/c1-5-13-21(14-6-2)19(23)17-9-11-18(12-10-17)20(24)22(15-7-3)16-8-4/h1,3,6,8-12H,2,4,13-16H2. The van der Waals surface area contributed by atoms with E-state index in [0.29, 0.717) is 24.2 Å². The largest absolute Gasteiger partial charge is 0.324 e. The van der Waals surface area contributed by atoms with Crippen LogP contribution in [0.5, 0.6) is 0 Å². The predicted molar refractivity (Wildman–Crippen MR) is 96.3 cm³/mol. The van der Waals surface area contributed by atoms with Gasteiger partial charge in [0.05, 0.1) is 13.1 Å². The molecule has 0 aliphatic heterocycles. The number of rotatable bonds is 8. The molecule has 0 aliphatic rings. The fraction of sp³-hybridized carbons (Fsp3) is 0.200. The fourth-order valence-electron chi connectivity index (χ4n) is 2.09. The Kier molecular flexibility index (Phi) is 7.61. The van der Waals surface area contributed by atoms with Crippen LogP contribution in [0.3, 0.4) is 0 Å². The third-order valence-corrected chi connectivity index (χ3v) is 3.22. The second-order valence-electron chi connectivity index (χ2n) is 4.93. The molecule has 4 heteroatoms. The Hall–Kier alpha value is -3.24. The minimum atomic E-state index is -0.210. The maximum absolute atomic E-state index is 12.4. The van der Waals surface area contributed by atoms with Crippen molar-refractivity contribution >= 4 is 11.8 Å². The van der Waals surface area contributed by atoms with Crippen LogP contribution in [0.1, 0.15) is 20.7 Å². The van der Waals surface area contributed by atoms with Gasteiger partial charge in [0, 0.05) is 24.2 Å². The van der Waals surface area contributed by atoms with Gasteiger partial charge >= 0.3 is 0 Å². The van der Waals surface area contributed by atoms with Crippen molar-refractivity contribution in [3.05, 3.63) is 60.7 Å². The molecule has 0 aliphatic carbocycles. The molecule has 1 aromatic rings. The first-order chi connectivity index (χ1) is 11.6. The Morgan fingerprint density at radius 2 is 1.21 bits per heavy atom. The topological polar surface area (TPSA) is 40.6 Å². The van der Waals surface area contributed by atoms with Crippen LogP contribution in [-0.4, -0.2) is 47.8 Å². The number of amides is 2. The van der Waals surface area contributed by atoms with Crippen molar-refractivity contribution in [2.45, 2.75) is 0 Å². The summed E-state index contributed by atoms with van der Waals surface area (Å²) in [5.41, 5.74) is 0.909. The van der Waals surface area contributed by atoms with Crippen LogP contribution in [0.2, 0.25) is 0 Å². The van der Waals surface area contributed by atoms with Crippen LogP contribution < -0.4 is 0 Å². The number of benzene rings is 1. The van der Waals surface area contributed by atoms with Crippen molar-refractivity contribution in [1.29, 1.82) is 0 Å². The van der Waals surface area contributed by atoms with E-state index in [1.807, 2.05) is 0 Å². The van der Waals surface area contributed by atoms with E-state index in [2.05, 4.69) is 25.0 Å². The van der Waals surface area contributed by atoms with Crippen LogP contribution in [0.15, 0.2) is 49.6 Å². The van der Waals surface area contributed by atoms with E-state index in [1.165, 1.54) is 9.80 Å². The molecule has 0 heterocycles. The molecule has 0 fully saturated rings. The van der Waals surface area contributed by atoms with Gasteiger partial charge in [-0.15, -0.1) is 26.0 Å². The van der Waals surface area contributed by atoms with Gasteiger partial charge < -0.3 is 9.80 Å². The molecule has 0 radical (unpaired) electrons. The van der Waals surface area contributed by atoms with Gasteiger partial charge in [0.2, 0.25) is 0 Å². The molecule has 0 unspecified atom stereocenters. The molecule has 0 N–H and O–H groups in total. The van der Waals surface area contributed by atoms with Gasteiger partial charge in [-0.25, -0.2) is 0 Å². The predicted octanol–water partition coefficient (Wildman–Crippen LogP) is 2.21. The van der Waals surface area contributed by atoms with Crippen LogP contribution in [0, 0.1) is 24.7 Å². The van der Waals surface area contributed by atoms with E-state index < -0.39 is 0 Å². The Morgan fingerprint density at radius 1 is 0.875 bits per heavy atom. The lowest BCUT2D eigenvalue weighted by Crippen LogP contribution is -2.32. The molecular weight excluding hydrogens is 300 g/mol. The van der Waals surface area contributed by atoms with Crippen LogP contribution in [0.25, 0.3) is 0 Å². The van der Waals surface area contributed by atoms with Crippen molar-refractivity contribution in [2.75, 3.05) is 26.2 Å². The lowest BCUT2D eigenvalue weighted by molar-refractivity contribution is 0.0781. The maximum Gasteiger partial charge on any atom is 0.254 e. The summed E-state index contributed by atoms with van der Waals surface area (Å²) in [6, 6.07) is 6.41. The third-order valence-electron chi connectivity index (χ3n) is 3.22. The average Bonchev–Trinajstić information content (AvgIpc) is 2.60. The van der Waals surface area contributed by atoms with Crippen molar-refractivity contribution < 1.29 is 9.59 Å². The molecule has 2 amide bonds. The molecule has 24 heavy (non-hydrogen) atoms. The number of hydrogen-bond acceptors (Lipinski definition) is 2. The van der Waals surface area contributed by atoms with Crippen molar-refractivity contribution in [1.82, 2.24) is 9.80 Å². The summed E-state index contributed by atoms with van der Waals surface area (Å²) in [4.78, 5) is 27.8. The van der Waals surface area contributed by atoms with Crippen LogP contribution >= 0.6 is 0 Å². The number of terminal acetylenes is 2. The number of carbonyl (C=O) groups excluding carboxylic acids is 2. The lowest BCUT2D eigenvalue weighted by Gasteiger charge is -2.20. The SMILES string of the molecule is C#CCN(CC=C)C(=O)c1ccc(C(=O)N(CC#C)CC=C)cc1. The molecule has 0 aromatic heterocycles. The van der Waals surface area contributed by atoms with E-state index >= 15 is 0 Å². The Balaban J connectivity index is 2.95. The van der Waals surface area contributed by atoms with Gasteiger partial charge in [0.15, 0.2) is 0 Å². The van der Waals surface area contributed by atoms with Crippen LogP contribution in [0.4, 0.5) is 0 Å². The minimum absolute atomic E-state index is 0.195. The molecule has 0 bridgehead atoms. The number of nitrogens with zero attached hydrogens (tertiary/aromatic N) is 2. The van der Waals surface area contributed by atoms with E-state index in [4.69, 9.17) is 12.8 Å². The van der Waals surface area contributed by atoms with Gasteiger partial charge in [0.1, 0.15) is 0 Å². The highest BCUT2D eigenvalue weighted by Gasteiger charge is 2.16. The zero-order valence-corrected chi connectivity index (χ0v) is 13.6. The summed E-state index contributed by atoms with van der Waals surface area (Å²) in [6.07, 6.45) is 13.8. The normalized spacial score (nSPS) is 9.25. The number of carbonyl (C=O) groups is 2. The maximum atomic E-state index is 12.4. The minimum Gasteiger partial charge on any atom is -0.324 e. The van der Waals surface area contributed by atoms with E-state index in [9.17, 15) is 9.59 Å². The number of hydrogen-bond donors (Lipinski definition) is 0. The highest BCUT2D eigenvalue weighted by atomic mass is 16.2. The quantitative estimate of drug-likeness (QED) is 0.544. The highest BCUT2D eigenvalue weighted by Crippen LogP contribution is 2.10. The van der Waals surface area contributed by atoms with Gasteiger partial charge in [0.25, 0.3) is 11.8 Å². The Labute approximate surface area is 143 Å². The Bertz CT molecular complexity index is 629. The third kappa shape index (κ3) is 4.90. The lowest BCUT2D eigenvalue weighted by atomic mass is 10.1. The summed E-state index contributed by atoms with van der Waals surface area (Å²) in [6.45, 7) is 8.34. The molecule has 0 spiro atoms. The smallest absolute Gasteiger partial charge is 0.254 e. The summed E-state index contributed by atoms with van der Waals surface area (Å²) < 4.78 is 0. The van der Waals surface area contributed by atoms with Crippen molar-refractivity contribution in [2.24, 2.45) is 0 Å². The van der Waals surface area contributed by atoms with E-state index in [1.54, 1.807) is 36.4 Å². The summed E-state index contributed by atoms with van der Waals surface area (Å²) in [5, 5.41) is 0. The van der Waals surface area contributed by atoms with Gasteiger partial charge in [-0.3, -0.25) is 9.59 Å². The van der Waals surface area contributed by atoms with E-state index in [0.717, 1.165) is 0 Å². The molecule has 1 rings (SSSR count). The zero-order chi connectivity index (χ0) is 17.9. The van der Waals surface area contributed by atoms with Gasteiger partial charge in [-0.2, -0.15) is 0 Å². The molecular formula is C20H20N2O2. The first kappa shape index (κ1) is 18.8. The first-order valence-corrected chi connectivity index (χ1v) is 7.36. The monoisotopic (exact) mass is 320 g/mol. The fourth-order valence-corrected chi connectivity index (χ4v) is 2.09. The Morgan fingerprint density at radius 3 is 1.46 bits per heavy atom. The van der Waals surface area contributed by atoms with Crippen molar-refractivity contribution in [3.8, 4) is 24.7 Å². The zero-order valence-electron chi connectivity index (χ0n) is 13.6. The second kappa shape index (κ2) is 9.71. The van der Waals surface area contributed by atoms with Crippen LogP contribution in [-0.2, 0) is 0 Å². The summed E-state index contributed by atoms with van der Waals surface area (Å²) in [7, 11) is 0. The second-order valence-corrected chi connectivity index (χ2v) is 4.93. The average molecular weight is 320 g/mol. The molecule has 0 saturated heterocycles.